The van der Waals surface area contributed by atoms with Crippen LogP contribution < -0.4 is 18.4 Å². The maximum absolute atomic E-state index is 16.5. The first-order valence-electron chi connectivity index (χ1n) is 12.4. The zero-order valence-corrected chi connectivity index (χ0v) is 24.4. The molecule has 4 rings (SSSR count). The fraction of sp³-hybridized carbons (Fsp3) is 0.214. The molecule has 0 saturated carbocycles. The van der Waals surface area contributed by atoms with Crippen molar-refractivity contribution in [3.05, 3.63) is 96.1 Å². The Labute approximate surface area is 247 Å². The van der Waals surface area contributed by atoms with Gasteiger partial charge in [0.15, 0.2) is 0 Å². The van der Waals surface area contributed by atoms with Crippen LogP contribution in [0.1, 0.15) is 0 Å². The van der Waals surface area contributed by atoms with Gasteiger partial charge in [0.05, 0.1) is 0 Å². The molecular weight excluding hydrogens is 623 g/mol. The molecule has 13 heteroatoms. The molecule has 2 aromatic carbocycles. The van der Waals surface area contributed by atoms with Crippen molar-refractivity contribution in [2.24, 2.45) is 0 Å². The molecule has 0 radical (unpaired) electrons. The van der Waals surface area contributed by atoms with Gasteiger partial charge in [-0.2, -0.15) is 0 Å². The third-order valence-corrected chi connectivity index (χ3v) is 15.5. The molecule has 0 saturated heterocycles. The van der Waals surface area contributed by atoms with Crippen LogP contribution in [0.2, 0.25) is 8.45 Å². The molecule has 216 valence electrons. The van der Waals surface area contributed by atoms with Crippen LogP contribution in [0.3, 0.4) is 0 Å². The Kier molecular flexibility index (Phi) is 10.4. The summed E-state index contributed by atoms with van der Waals surface area (Å²) in [6, 6.07) is 3.87. The standard InChI is InChI=1S/2C9H7ClF2NO2.2C5H5.Ti/c2*10-3-4-15-9(14)13-8-2-1-6(11)5-7(8)12;2*1-2-4-5-3-1;/h2*1-2H,3-4H2,(H,13,14);2*1-5H;. The average Bonchev–Trinajstić information content (AvgIpc) is 3.69. The number of nitrogens with one attached hydrogen (secondary N) is 2. The van der Waals surface area contributed by atoms with Gasteiger partial charge in [-0.3, -0.25) is 0 Å². The van der Waals surface area contributed by atoms with E-state index in [0.717, 1.165) is 24.3 Å². The second-order valence-electron chi connectivity index (χ2n) is 8.93. The van der Waals surface area contributed by atoms with Gasteiger partial charge in [0.25, 0.3) is 0 Å². The topological polar surface area (TPSA) is 76.7 Å². The van der Waals surface area contributed by atoms with Crippen LogP contribution >= 0.6 is 23.2 Å². The number of allylic oxidation sites excluding steroid dienone is 8. The van der Waals surface area contributed by atoms with Gasteiger partial charge in [0.1, 0.15) is 0 Å². The molecule has 0 unspecified atom stereocenters. The Morgan fingerprint density at radius 1 is 0.683 bits per heavy atom. The van der Waals surface area contributed by atoms with Crippen molar-refractivity contribution in [1.82, 2.24) is 0 Å². The third-order valence-electron chi connectivity index (χ3n) is 6.65. The Bertz CT molecular complexity index is 1320. The first-order valence-corrected chi connectivity index (χ1v) is 16.9. The zero-order valence-electron chi connectivity index (χ0n) is 21.3. The van der Waals surface area contributed by atoms with Crippen LogP contribution in [-0.4, -0.2) is 37.2 Å². The predicted octanol–water partition coefficient (Wildman–Crippen LogP) is 6.75. The molecule has 0 aromatic heterocycles. The number of benzene rings is 2. The predicted molar refractivity (Wildman–Crippen MR) is 147 cm³/mol. The number of carbonyl (C=O) groups excluding carboxylic acids is 2. The Hall–Kier alpha value is -3.05. The van der Waals surface area contributed by atoms with E-state index < -0.39 is 79.6 Å². The normalized spacial score (nSPS) is 14.6. The molecular formula is C28H24Cl2F4N2O4Ti. The summed E-state index contributed by atoms with van der Waals surface area (Å²) in [7, 11) is 0. The Balaban J connectivity index is 2.00. The van der Waals surface area contributed by atoms with Gasteiger partial charge in [-0.25, -0.2) is 0 Å². The quantitative estimate of drug-likeness (QED) is 0.170. The van der Waals surface area contributed by atoms with Gasteiger partial charge in [-0.1, -0.05) is 0 Å². The first-order chi connectivity index (χ1) is 19.7. The maximum atomic E-state index is 16.5. The molecule has 0 heterocycles. The van der Waals surface area contributed by atoms with Crippen molar-refractivity contribution in [2.75, 3.05) is 35.6 Å². The molecule has 2 aromatic rings. The van der Waals surface area contributed by atoms with Crippen molar-refractivity contribution in [3.8, 4) is 0 Å². The van der Waals surface area contributed by atoms with Gasteiger partial charge in [-0.05, 0) is 0 Å². The minimum absolute atomic E-state index is 0.00787. The third kappa shape index (κ3) is 6.26. The van der Waals surface area contributed by atoms with E-state index in [4.69, 9.17) is 32.7 Å². The van der Waals surface area contributed by atoms with Crippen molar-refractivity contribution < 1.29 is 53.2 Å². The molecule has 2 aliphatic rings. The van der Waals surface area contributed by atoms with Gasteiger partial charge in [0, 0.05) is 0 Å². The first kappa shape index (κ1) is 30.9. The van der Waals surface area contributed by atoms with Crippen LogP contribution in [-0.2, 0) is 26.1 Å². The molecule has 2 aliphatic carbocycles. The molecule has 0 atom stereocenters. The molecule has 0 aliphatic heterocycles. The molecule has 6 nitrogen and oxygen atoms in total. The number of amides is 2. The van der Waals surface area contributed by atoms with Crippen molar-refractivity contribution in [3.63, 3.8) is 0 Å². The molecule has 0 spiro atoms. The van der Waals surface area contributed by atoms with Gasteiger partial charge in [-0.15, -0.1) is 0 Å². The Morgan fingerprint density at radius 3 is 1.39 bits per heavy atom. The summed E-state index contributed by atoms with van der Waals surface area (Å²) < 4.78 is 72.0. The molecule has 0 bridgehead atoms. The molecule has 41 heavy (non-hydrogen) atoms. The summed E-state index contributed by atoms with van der Waals surface area (Å²) in [5.74, 6) is -4.47. The van der Waals surface area contributed by atoms with Crippen molar-refractivity contribution in [2.45, 2.75) is 8.45 Å². The van der Waals surface area contributed by atoms with Gasteiger partial charge in [0.2, 0.25) is 0 Å². The summed E-state index contributed by atoms with van der Waals surface area (Å²) in [5.41, 5.74) is -0.875. The fourth-order valence-electron chi connectivity index (χ4n) is 5.10. The zero-order chi connectivity index (χ0) is 29.6. The van der Waals surface area contributed by atoms with E-state index in [1.54, 1.807) is 48.6 Å². The SMILES string of the molecule is O=C(Nc1ccc(F)[c]([Ti]([c]2c(F)ccc(NC(=O)OCCCl)c2F)([CH]2C=CC=C2)[CH]2C=CC=C2)c1F)OCCCl. The van der Waals surface area contributed by atoms with Crippen molar-refractivity contribution >= 4 is 54.5 Å². The summed E-state index contributed by atoms with van der Waals surface area (Å²) in [4.78, 5) is 24.4. The number of carbonyl (C=O) groups is 2. The van der Waals surface area contributed by atoms with Crippen molar-refractivity contribution in [1.29, 1.82) is 0 Å². The van der Waals surface area contributed by atoms with Crippen LogP contribution in [0, 0.1) is 23.3 Å². The summed E-state index contributed by atoms with van der Waals surface area (Å²) in [5, 5.41) is 4.46. The molecule has 2 N–H and O–H groups in total. The van der Waals surface area contributed by atoms with E-state index in [1.807, 2.05) is 0 Å². The average molecular weight is 647 g/mol. The Morgan fingerprint density at radius 2 is 1.05 bits per heavy atom. The van der Waals surface area contributed by atoms with E-state index in [-0.39, 0.29) is 25.0 Å². The number of alkyl halides is 2. The van der Waals surface area contributed by atoms with Crippen LogP contribution in [0.4, 0.5) is 38.5 Å². The van der Waals surface area contributed by atoms with Gasteiger partial charge < -0.3 is 0 Å². The van der Waals surface area contributed by atoms with E-state index in [9.17, 15) is 9.59 Å². The van der Waals surface area contributed by atoms with E-state index in [2.05, 4.69) is 10.6 Å². The number of hydrogen-bond donors (Lipinski definition) is 2. The number of halogens is 6. The summed E-state index contributed by atoms with van der Waals surface area (Å²) in [6.45, 7) is -0.326. The second-order valence-corrected chi connectivity index (χ2v) is 16.0. The second kappa shape index (κ2) is 13.7. The van der Waals surface area contributed by atoms with E-state index >= 15 is 17.6 Å². The number of rotatable bonds is 10. The monoisotopic (exact) mass is 646 g/mol. The van der Waals surface area contributed by atoms with Crippen LogP contribution in [0.5, 0.6) is 0 Å². The summed E-state index contributed by atoms with van der Waals surface area (Å²) in [6.07, 6.45) is 11.0. The van der Waals surface area contributed by atoms with Gasteiger partial charge >= 0.3 is 248 Å². The molecule has 2 amide bonds. The number of anilines is 2. The number of ether oxygens (including phenoxy) is 2. The van der Waals surface area contributed by atoms with Crippen LogP contribution in [0.15, 0.2) is 72.9 Å². The number of hydrogen-bond acceptors (Lipinski definition) is 4. The summed E-state index contributed by atoms with van der Waals surface area (Å²) >= 11 is 5.95. The molecule has 0 fully saturated rings. The van der Waals surface area contributed by atoms with E-state index in [1.165, 1.54) is 0 Å². The fourth-order valence-corrected chi connectivity index (χ4v) is 14.1. The van der Waals surface area contributed by atoms with Crippen LogP contribution in [0.25, 0.3) is 0 Å². The van der Waals surface area contributed by atoms with E-state index in [0.29, 0.717) is 0 Å². The minimum atomic E-state index is -5.13.